The molecule has 0 bridgehead atoms. The van der Waals surface area contributed by atoms with Gasteiger partial charge in [-0.2, -0.15) is 0 Å². The summed E-state index contributed by atoms with van der Waals surface area (Å²) < 4.78 is 5.68. The summed E-state index contributed by atoms with van der Waals surface area (Å²) >= 11 is 0. The van der Waals surface area contributed by atoms with Crippen molar-refractivity contribution in [2.75, 3.05) is 50.7 Å². The van der Waals surface area contributed by atoms with E-state index in [0.717, 1.165) is 0 Å². The van der Waals surface area contributed by atoms with Crippen molar-refractivity contribution in [3.8, 4) is 0 Å². The van der Waals surface area contributed by atoms with Crippen LogP contribution in [0.2, 0.25) is 0 Å². The van der Waals surface area contributed by atoms with Crippen molar-refractivity contribution >= 4 is 17.3 Å². The molecule has 0 unspecified atom stereocenters. The molecule has 0 radical (unpaired) electrons. The molecule has 2 fully saturated rings. The molecule has 0 saturated carbocycles. The van der Waals surface area contributed by atoms with Gasteiger partial charge in [0.05, 0.1) is 23.7 Å². The summed E-state index contributed by atoms with van der Waals surface area (Å²) in [5.74, 6) is 0.131. The summed E-state index contributed by atoms with van der Waals surface area (Å²) in [6.07, 6.45) is 0.136. The van der Waals surface area contributed by atoms with Crippen LogP contribution >= 0.6 is 0 Å². The molecule has 1 aromatic rings. The van der Waals surface area contributed by atoms with Crippen LogP contribution in [-0.4, -0.2) is 78.7 Å². The Morgan fingerprint density at radius 3 is 2.38 bits per heavy atom. The lowest BCUT2D eigenvalue weighted by molar-refractivity contribution is -0.384. The van der Waals surface area contributed by atoms with Gasteiger partial charge in [-0.1, -0.05) is 12.1 Å². The Labute approximate surface area is 153 Å². The number of anilines is 1. The molecule has 8 nitrogen and oxygen atoms in total. The van der Waals surface area contributed by atoms with Crippen LogP contribution in [0.1, 0.15) is 13.8 Å². The zero-order valence-corrected chi connectivity index (χ0v) is 15.3. The SMILES string of the molecule is C[C@H]1CN(C(=O)CN2CCN(c3ccccc3[N+](=O)[O-])CC2)C[C@H](C)O1. The monoisotopic (exact) mass is 362 g/mol. The molecular formula is C18H26N4O4. The molecule has 26 heavy (non-hydrogen) atoms. The Hall–Kier alpha value is -2.19. The van der Waals surface area contributed by atoms with Crippen LogP contribution in [0.4, 0.5) is 11.4 Å². The highest BCUT2D eigenvalue weighted by molar-refractivity contribution is 5.78. The molecule has 2 aliphatic heterocycles. The van der Waals surface area contributed by atoms with Crippen molar-refractivity contribution in [1.29, 1.82) is 0 Å². The van der Waals surface area contributed by atoms with Gasteiger partial charge in [-0.25, -0.2) is 0 Å². The molecule has 2 saturated heterocycles. The summed E-state index contributed by atoms with van der Waals surface area (Å²) in [6, 6.07) is 6.82. The Kier molecular flexibility index (Phi) is 5.73. The number of carbonyl (C=O) groups is 1. The van der Waals surface area contributed by atoms with Gasteiger partial charge in [0.25, 0.3) is 5.69 Å². The van der Waals surface area contributed by atoms with Crippen molar-refractivity contribution in [3.63, 3.8) is 0 Å². The van der Waals surface area contributed by atoms with E-state index in [4.69, 9.17) is 4.74 Å². The van der Waals surface area contributed by atoms with Crippen LogP contribution < -0.4 is 4.90 Å². The van der Waals surface area contributed by atoms with E-state index in [9.17, 15) is 14.9 Å². The van der Waals surface area contributed by atoms with Crippen molar-refractivity contribution in [2.45, 2.75) is 26.1 Å². The van der Waals surface area contributed by atoms with Crippen molar-refractivity contribution < 1.29 is 14.5 Å². The summed E-state index contributed by atoms with van der Waals surface area (Å²) in [7, 11) is 0. The van der Waals surface area contributed by atoms with Crippen LogP contribution in [0.3, 0.4) is 0 Å². The van der Waals surface area contributed by atoms with Gasteiger partial charge in [0.2, 0.25) is 5.91 Å². The Bertz CT molecular complexity index is 650. The number of hydrogen-bond donors (Lipinski definition) is 0. The predicted octanol–water partition coefficient (Wildman–Crippen LogP) is 1.35. The number of benzene rings is 1. The number of hydrogen-bond acceptors (Lipinski definition) is 6. The number of nitro benzene ring substituents is 1. The number of nitrogens with zero attached hydrogens (tertiary/aromatic N) is 4. The van der Waals surface area contributed by atoms with Gasteiger partial charge < -0.3 is 14.5 Å². The zero-order valence-electron chi connectivity index (χ0n) is 15.3. The molecule has 8 heteroatoms. The number of para-hydroxylation sites is 2. The molecular weight excluding hydrogens is 336 g/mol. The lowest BCUT2D eigenvalue weighted by Crippen LogP contribution is -2.54. The highest BCUT2D eigenvalue weighted by atomic mass is 16.6. The second-order valence-corrected chi connectivity index (χ2v) is 7.07. The first-order chi connectivity index (χ1) is 12.4. The van der Waals surface area contributed by atoms with Crippen LogP contribution in [0.5, 0.6) is 0 Å². The van der Waals surface area contributed by atoms with E-state index in [0.29, 0.717) is 51.5 Å². The van der Waals surface area contributed by atoms with Gasteiger partial charge in [0.15, 0.2) is 0 Å². The van der Waals surface area contributed by atoms with Gasteiger partial charge >= 0.3 is 0 Å². The fourth-order valence-electron chi connectivity index (χ4n) is 3.71. The fourth-order valence-corrected chi connectivity index (χ4v) is 3.71. The van der Waals surface area contributed by atoms with Gasteiger partial charge in [0.1, 0.15) is 5.69 Å². The van der Waals surface area contributed by atoms with Gasteiger partial charge in [0, 0.05) is 45.3 Å². The molecule has 1 amide bonds. The van der Waals surface area contributed by atoms with E-state index in [2.05, 4.69) is 4.90 Å². The summed E-state index contributed by atoms with van der Waals surface area (Å²) in [6.45, 7) is 8.42. The first kappa shape index (κ1) is 18.6. The fraction of sp³-hybridized carbons (Fsp3) is 0.611. The van der Waals surface area contributed by atoms with E-state index >= 15 is 0 Å². The minimum atomic E-state index is -0.341. The summed E-state index contributed by atoms with van der Waals surface area (Å²) in [5.41, 5.74) is 0.785. The number of rotatable bonds is 4. The highest BCUT2D eigenvalue weighted by Crippen LogP contribution is 2.28. The molecule has 142 valence electrons. The number of ether oxygens (including phenoxy) is 1. The largest absolute Gasteiger partial charge is 0.372 e. The van der Waals surface area contributed by atoms with Crippen LogP contribution in [0, 0.1) is 10.1 Å². The van der Waals surface area contributed by atoms with E-state index in [1.165, 1.54) is 6.07 Å². The van der Waals surface area contributed by atoms with Crippen LogP contribution in [-0.2, 0) is 9.53 Å². The Morgan fingerprint density at radius 2 is 1.77 bits per heavy atom. The molecule has 1 aromatic carbocycles. The third-order valence-corrected chi connectivity index (χ3v) is 4.92. The number of piperazine rings is 1. The molecule has 0 aliphatic carbocycles. The molecule has 0 N–H and O–H groups in total. The first-order valence-corrected chi connectivity index (χ1v) is 9.08. The second-order valence-electron chi connectivity index (χ2n) is 7.07. The van der Waals surface area contributed by atoms with Crippen molar-refractivity contribution in [1.82, 2.24) is 9.80 Å². The Morgan fingerprint density at radius 1 is 1.15 bits per heavy atom. The third-order valence-electron chi connectivity index (χ3n) is 4.92. The van der Waals surface area contributed by atoms with Crippen LogP contribution in [0.15, 0.2) is 24.3 Å². The predicted molar refractivity (Wildman–Crippen MR) is 98.3 cm³/mol. The molecule has 2 atom stereocenters. The third kappa shape index (κ3) is 4.31. The molecule has 0 aromatic heterocycles. The maximum Gasteiger partial charge on any atom is 0.292 e. The van der Waals surface area contributed by atoms with E-state index in [1.54, 1.807) is 12.1 Å². The average Bonchev–Trinajstić information content (AvgIpc) is 2.61. The Balaban J connectivity index is 1.54. The minimum absolute atomic E-state index is 0.0678. The van der Waals surface area contributed by atoms with E-state index < -0.39 is 0 Å². The molecule has 2 heterocycles. The smallest absolute Gasteiger partial charge is 0.292 e. The standard InChI is InChI=1S/C18H26N4O4/c1-14-11-21(12-15(2)26-14)18(23)13-19-7-9-20(10-8-19)16-5-3-4-6-17(16)22(24)25/h3-6,14-15H,7-13H2,1-2H3/t14-,15-/m0/s1. The summed E-state index contributed by atoms with van der Waals surface area (Å²) in [5, 5.41) is 11.2. The van der Waals surface area contributed by atoms with Crippen molar-refractivity contribution in [3.05, 3.63) is 34.4 Å². The zero-order chi connectivity index (χ0) is 18.7. The normalized spacial score (nSPS) is 24.5. The highest BCUT2D eigenvalue weighted by Gasteiger charge is 2.28. The molecule has 0 spiro atoms. The van der Waals surface area contributed by atoms with Gasteiger partial charge in [-0.3, -0.25) is 19.8 Å². The maximum absolute atomic E-state index is 12.6. The van der Waals surface area contributed by atoms with Crippen LogP contribution in [0.25, 0.3) is 0 Å². The number of nitro groups is 1. The van der Waals surface area contributed by atoms with E-state index in [1.807, 2.05) is 29.7 Å². The quantitative estimate of drug-likeness (QED) is 0.594. The average molecular weight is 362 g/mol. The maximum atomic E-state index is 12.6. The number of amides is 1. The van der Waals surface area contributed by atoms with Crippen molar-refractivity contribution in [2.24, 2.45) is 0 Å². The first-order valence-electron chi connectivity index (χ1n) is 9.08. The molecule has 3 rings (SSSR count). The number of carbonyl (C=O) groups excluding carboxylic acids is 1. The van der Waals surface area contributed by atoms with Gasteiger partial charge in [-0.15, -0.1) is 0 Å². The topological polar surface area (TPSA) is 79.2 Å². The van der Waals surface area contributed by atoms with Gasteiger partial charge in [-0.05, 0) is 19.9 Å². The summed E-state index contributed by atoms with van der Waals surface area (Å²) in [4.78, 5) is 29.5. The number of morpholine rings is 1. The van der Waals surface area contributed by atoms with E-state index in [-0.39, 0.29) is 28.7 Å². The lowest BCUT2D eigenvalue weighted by atomic mass is 10.2. The molecule has 2 aliphatic rings. The minimum Gasteiger partial charge on any atom is -0.372 e. The second kappa shape index (κ2) is 8.01. The lowest BCUT2D eigenvalue weighted by Gasteiger charge is -2.38.